The highest BCUT2D eigenvalue weighted by molar-refractivity contribution is 7.98. The Morgan fingerprint density at radius 3 is 2.63 bits per heavy atom. The molecule has 4 aromatic rings. The fraction of sp³-hybridized carbons (Fsp3) is 0.190. The van der Waals surface area contributed by atoms with Crippen LogP contribution in [-0.2, 0) is 18.7 Å². The lowest BCUT2D eigenvalue weighted by Crippen LogP contribution is -2.22. The van der Waals surface area contributed by atoms with E-state index < -0.39 is 0 Å². The van der Waals surface area contributed by atoms with Gasteiger partial charge in [-0.2, -0.15) is 0 Å². The summed E-state index contributed by atoms with van der Waals surface area (Å²) in [4.78, 5) is 22.1. The van der Waals surface area contributed by atoms with E-state index >= 15 is 0 Å². The third kappa shape index (κ3) is 3.96. The summed E-state index contributed by atoms with van der Waals surface area (Å²) in [6, 6.07) is 17.9. The number of fused-ring (bicyclic) bond motifs is 1. The zero-order chi connectivity index (χ0) is 18.6. The van der Waals surface area contributed by atoms with E-state index in [1.165, 1.54) is 5.56 Å². The van der Waals surface area contributed by atoms with Crippen LogP contribution in [0.5, 0.6) is 0 Å². The van der Waals surface area contributed by atoms with Gasteiger partial charge in [0.05, 0.1) is 21.6 Å². The molecule has 0 aliphatic heterocycles. The smallest absolute Gasteiger partial charge is 0.262 e. The van der Waals surface area contributed by atoms with Gasteiger partial charge in [0, 0.05) is 24.1 Å². The lowest BCUT2D eigenvalue weighted by Gasteiger charge is -2.10. The Balaban J connectivity index is 1.53. The van der Waals surface area contributed by atoms with E-state index in [1.54, 1.807) is 27.7 Å². The molecule has 0 aliphatic carbocycles. The fourth-order valence-corrected chi connectivity index (χ4v) is 4.83. The second-order valence-corrected chi connectivity index (χ2v) is 8.03. The molecule has 6 heteroatoms. The number of hydrogen-bond donors (Lipinski definition) is 0. The van der Waals surface area contributed by atoms with Crippen molar-refractivity contribution < 1.29 is 0 Å². The van der Waals surface area contributed by atoms with E-state index in [0.29, 0.717) is 17.7 Å². The maximum Gasteiger partial charge on any atom is 0.262 e. The van der Waals surface area contributed by atoms with Gasteiger partial charge in [-0.15, -0.1) is 11.3 Å². The molecule has 0 spiro atoms. The van der Waals surface area contributed by atoms with Crippen LogP contribution in [0.3, 0.4) is 0 Å². The minimum atomic E-state index is 0.0219. The molecule has 2 heterocycles. The molecule has 0 aliphatic rings. The summed E-state index contributed by atoms with van der Waals surface area (Å²) in [6.07, 6.45) is 0.851. The Bertz CT molecular complexity index is 1120. The molecule has 2 aromatic heterocycles. The normalized spacial score (nSPS) is 11.1. The molecular weight excluding hydrogens is 374 g/mol. The van der Waals surface area contributed by atoms with E-state index in [2.05, 4.69) is 29.6 Å². The lowest BCUT2D eigenvalue weighted by atomic mass is 10.2. The van der Waals surface area contributed by atoms with Crippen LogP contribution in [-0.4, -0.2) is 14.5 Å². The first-order chi connectivity index (χ1) is 13.2. The second-order valence-electron chi connectivity index (χ2n) is 6.14. The van der Waals surface area contributed by atoms with Crippen LogP contribution in [0.1, 0.15) is 23.2 Å². The highest BCUT2D eigenvalue weighted by atomic mass is 32.2. The molecule has 0 saturated heterocycles. The van der Waals surface area contributed by atoms with Crippen molar-refractivity contribution in [2.45, 2.75) is 30.8 Å². The highest BCUT2D eigenvalue weighted by Crippen LogP contribution is 2.24. The Labute approximate surface area is 165 Å². The Kier molecular flexibility index (Phi) is 5.36. The first-order valence-electron chi connectivity index (χ1n) is 8.84. The molecule has 0 N–H and O–H groups in total. The zero-order valence-corrected chi connectivity index (χ0v) is 16.6. The molecule has 136 valence electrons. The van der Waals surface area contributed by atoms with E-state index in [4.69, 9.17) is 9.97 Å². The van der Waals surface area contributed by atoms with Crippen LogP contribution in [0.2, 0.25) is 0 Å². The summed E-state index contributed by atoms with van der Waals surface area (Å²) >= 11 is 3.25. The van der Waals surface area contributed by atoms with Gasteiger partial charge in [0.15, 0.2) is 5.16 Å². The van der Waals surface area contributed by atoms with Crippen molar-refractivity contribution in [2.24, 2.45) is 0 Å². The molecule has 2 aromatic carbocycles. The van der Waals surface area contributed by atoms with Gasteiger partial charge in [-0.3, -0.25) is 9.36 Å². The average molecular weight is 394 g/mol. The molecule has 0 amide bonds. The van der Waals surface area contributed by atoms with Crippen LogP contribution < -0.4 is 5.56 Å². The van der Waals surface area contributed by atoms with E-state index in [1.807, 2.05) is 37.3 Å². The summed E-state index contributed by atoms with van der Waals surface area (Å²) in [7, 11) is 0. The number of thioether (sulfide) groups is 1. The first kappa shape index (κ1) is 17.9. The van der Waals surface area contributed by atoms with Crippen molar-refractivity contribution in [1.82, 2.24) is 14.5 Å². The van der Waals surface area contributed by atoms with Crippen LogP contribution in [0, 0.1) is 0 Å². The van der Waals surface area contributed by atoms with Gasteiger partial charge in [0.1, 0.15) is 0 Å². The fourth-order valence-electron chi connectivity index (χ4n) is 2.94. The van der Waals surface area contributed by atoms with E-state index in [-0.39, 0.29) is 5.56 Å². The third-order valence-corrected chi connectivity index (χ3v) is 6.20. The van der Waals surface area contributed by atoms with E-state index in [9.17, 15) is 4.79 Å². The number of para-hydroxylation sites is 1. The number of aromatic nitrogens is 3. The molecule has 27 heavy (non-hydrogen) atoms. The monoisotopic (exact) mass is 393 g/mol. The summed E-state index contributed by atoms with van der Waals surface area (Å²) in [6.45, 7) is 2.58. The highest BCUT2D eigenvalue weighted by Gasteiger charge is 2.11. The van der Waals surface area contributed by atoms with Crippen LogP contribution >= 0.6 is 23.1 Å². The summed E-state index contributed by atoms with van der Waals surface area (Å²) < 4.78 is 1.74. The van der Waals surface area contributed by atoms with Gasteiger partial charge in [-0.25, -0.2) is 9.97 Å². The van der Waals surface area contributed by atoms with Crippen molar-refractivity contribution in [3.05, 3.63) is 86.6 Å². The predicted octanol–water partition coefficient (Wildman–Crippen LogP) is 4.76. The first-order valence-corrected chi connectivity index (χ1v) is 10.7. The van der Waals surface area contributed by atoms with Crippen molar-refractivity contribution in [2.75, 3.05) is 0 Å². The molecule has 0 fully saturated rings. The summed E-state index contributed by atoms with van der Waals surface area (Å²) in [5.74, 6) is 0.704. The topological polar surface area (TPSA) is 47.8 Å². The molecule has 0 radical (unpaired) electrons. The predicted molar refractivity (Wildman–Crippen MR) is 113 cm³/mol. The maximum atomic E-state index is 12.7. The van der Waals surface area contributed by atoms with Gasteiger partial charge in [-0.05, 0) is 24.6 Å². The molecule has 4 nitrogen and oxygen atoms in total. The zero-order valence-electron chi connectivity index (χ0n) is 15.0. The van der Waals surface area contributed by atoms with Crippen molar-refractivity contribution in [1.29, 1.82) is 0 Å². The standard InChI is InChI=1S/C21H19N3OS2/c1-2-24-20(25)17-10-6-7-11-18(17)23-21(24)27-14-16-13-26-19(22-16)12-15-8-4-3-5-9-15/h3-11,13H,2,12,14H2,1H3. The Morgan fingerprint density at radius 1 is 1.04 bits per heavy atom. The molecule has 0 unspecified atom stereocenters. The second kappa shape index (κ2) is 8.06. The van der Waals surface area contributed by atoms with Crippen molar-refractivity contribution in [3.63, 3.8) is 0 Å². The van der Waals surface area contributed by atoms with Crippen LogP contribution in [0.4, 0.5) is 0 Å². The number of rotatable bonds is 6. The summed E-state index contributed by atoms with van der Waals surface area (Å²) in [5, 5.41) is 4.62. The van der Waals surface area contributed by atoms with Crippen molar-refractivity contribution in [3.8, 4) is 0 Å². The Hall–Kier alpha value is -2.44. The van der Waals surface area contributed by atoms with Crippen LogP contribution in [0.15, 0.2) is 69.9 Å². The van der Waals surface area contributed by atoms with E-state index in [0.717, 1.165) is 27.8 Å². The van der Waals surface area contributed by atoms with Gasteiger partial charge < -0.3 is 0 Å². The third-order valence-electron chi connectivity index (χ3n) is 4.29. The largest absolute Gasteiger partial charge is 0.287 e. The van der Waals surface area contributed by atoms with Gasteiger partial charge >= 0.3 is 0 Å². The SMILES string of the molecule is CCn1c(SCc2csc(Cc3ccccc3)n2)nc2ccccc2c1=O. The molecule has 0 atom stereocenters. The van der Waals surface area contributed by atoms with Crippen molar-refractivity contribution >= 4 is 34.0 Å². The minimum absolute atomic E-state index is 0.0219. The lowest BCUT2D eigenvalue weighted by molar-refractivity contribution is 0.634. The summed E-state index contributed by atoms with van der Waals surface area (Å²) in [5.41, 5.74) is 3.06. The molecule has 0 saturated carbocycles. The molecular formula is C21H19N3OS2. The molecule has 0 bridgehead atoms. The number of hydrogen-bond acceptors (Lipinski definition) is 5. The van der Waals surface area contributed by atoms with Crippen LogP contribution in [0.25, 0.3) is 10.9 Å². The maximum absolute atomic E-state index is 12.7. The van der Waals surface area contributed by atoms with Gasteiger partial charge in [0.2, 0.25) is 0 Å². The number of thiazole rings is 1. The minimum Gasteiger partial charge on any atom is -0.287 e. The Morgan fingerprint density at radius 2 is 1.81 bits per heavy atom. The number of benzene rings is 2. The van der Waals surface area contributed by atoms with Gasteiger partial charge in [0.25, 0.3) is 5.56 Å². The average Bonchev–Trinajstić information content (AvgIpc) is 3.14. The molecule has 4 rings (SSSR count). The number of nitrogens with zero attached hydrogens (tertiary/aromatic N) is 3. The quantitative estimate of drug-likeness (QED) is 0.350. The van der Waals surface area contributed by atoms with Gasteiger partial charge in [-0.1, -0.05) is 54.2 Å².